The molecular weight excluding hydrogens is 216 g/mol. The molecule has 0 aromatic rings. The van der Waals surface area contributed by atoms with E-state index in [0.29, 0.717) is 5.41 Å². The Labute approximate surface area is 105 Å². The lowest BCUT2D eigenvalue weighted by molar-refractivity contribution is 0.123. The maximum Gasteiger partial charge on any atom is 0.0221 e. The summed E-state index contributed by atoms with van der Waals surface area (Å²) in [6.45, 7) is 7.24. The van der Waals surface area contributed by atoms with Crippen LogP contribution in [0.3, 0.4) is 0 Å². The van der Waals surface area contributed by atoms with Gasteiger partial charge in [0.25, 0.3) is 0 Å². The van der Waals surface area contributed by atoms with Crippen molar-refractivity contribution < 1.29 is 0 Å². The Bertz CT molecular complexity index is 224. The van der Waals surface area contributed by atoms with Crippen molar-refractivity contribution in [3.05, 3.63) is 0 Å². The summed E-state index contributed by atoms with van der Waals surface area (Å²) in [4.78, 5) is 2.65. The van der Waals surface area contributed by atoms with E-state index in [1.165, 1.54) is 43.9 Å². The van der Waals surface area contributed by atoms with E-state index in [1.54, 1.807) is 0 Å². The van der Waals surface area contributed by atoms with E-state index < -0.39 is 0 Å². The fraction of sp³-hybridized carbons (Fsp3) is 1.00. The third-order valence-corrected chi connectivity index (χ3v) is 5.62. The van der Waals surface area contributed by atoms with Crippen molar-refractivity contribution in [3.8, 4) is 0 Å². The van der Waals surface area contributed by atoms with Gasteiger partial charge >= 0.3 is 0 Å². The molecule has 0 amide bonds. The molecule has 0 aliphatic carbocycles. The molecular formula is C13H26N2S. The summed E-state index contributed by atoms with van der Waals surface area (Å²) in [5, 5.41) is 3.53. The van der Waals surface area contributed by atoms with Crippen molar-refractivity contribution in [1.29, 1.82) is 0 Å². The molecule has 2 heterocycles. The molecule has 2 fully saturated rings. The molecule has 16 heavy (non-hydrogen) atoms. The zero-order valence-electron chi connectivity index (χ0n) is 11.0. The largest absolute Gasteiger partial charge is 0.315 e. The molecule has 2 unspecified atom stereocenters. The van der Waals surface area contributed by atoms with Gasteiger partial charge < -0.3 is 5.32 Å². The van der Waals surface area contributed by atoms with E-state index in [9.17, 15) is 0 Å². The second-order valence-electron chi connectivity index (χ2n) is 6.20. The fourth-order valence-corrected chi connectivity index (χ4v) is 4.38. The SMILES string of the molecule is CN(C1CCCNC1)C1CSCC(C)(C)C1. The first-order valence-corrected chi connectivity index (χ1v) is 7.74. The Morgan fingerprint density at radius 3 is 2.75 bits per heavy atom. The Balaban J connectivity index is 1.90. The van der Waals surface area contributed by atoms with Gasteiger partial charge in [-0.25, -0.2) is 0 Å². The highest BCUT2D eigenvalue weighted by Gasteiger charge is 2.33. The second kappa shape index (κ2) is 5.28. The number of hydrogen-bond acceptors (Lipinski definition) is 3. The third kappa shape index (κ3) is 3.14. The van der Waals surface area contributed by atoms with E-state index in [0.717, 1.165) is 12.1 Å². The first-order chi connectivity index (χ1) is 7.58. The average molecular weight is 242 g/mol. The minimum atomic E-state index is 0.532. The van der Waals surface area contributed by atoms with Crippen molar-refractivity contribution in [3.63, 3.8) is 0 Å². The molecule has 2 nitrogen and oxygen atoms in total. The molecule has 0 bridgehead atoms. The van der Waals surface area contributed by atoms with Gasteiger partial charge in [-0.1, -0.05) is 13.8 Å². The number of rotatable bonds is 2. The number of piperidine rings is 1. The highest BCUT2D eigenvalue weighted by molar-refractivity contribution is 7.99. The topological polar surface area (TPSA) is 15.3 Å². The van der Waals surface area contributed by atoms with E-state index >= 15 is 0 Å². The van der Waals surface area contributed by atoms with Crippen molar-refractivity contribution in [1.82, 2.24) is 10.2 Å². The molecule has 2 aliphatic rings. The first kappa shape index (κ1) is 12.7. The van der Waals surface area contributed by atoms with Crippen molar-refractivity contribution >= 4 is 11.8 Å². The van der Waals surface area contributed by atoms with E-state index in [2.05, 4.69) is 42.9 Å². The number of likely N-dealkylation sites (N-methyl/N-ethyl adjacent to an activating group) is 1. The average Bonchev–Trinajstić information content (AvgIpc) is 2.28. The quantitative estimate of drug-likeness (QED) is 0.799. The zero-order chi connectivity index (χ0) is 11.6. The van der Waals surface area contributed by atoms with Gasteiger partial charge in [0.05, 0.1) is 0 Å². The smallest absolute Gasteiger partial charge is 0.0221 e. The predicted octanol–water partition coefficient (Wildman–Crippen LogP) is 2.20. The summed E-state index contributed by atoms with van der Waals surface area (Å²) >= 11 is 2.14. The minimum absolute atomic E-state index is 0.532. The molecule has 94 valence electrons. The molecule has 0 aromatic carbocycles. The molecule has 2 saturated heterocycles. The Morgan fingerprint density at radius 1 is 1.31 bits per heavy atom. The van der Waals surface area contributed by atoms with Crippen LogP contribution in [0.25, 0.3) is 0 Å². The molecule has 3 heteroatoms. The van der Waals surface area contributed by atoms with Crippen molar-refractivity contribution in [2.75, 3.05) is 31.6 Å². The van der Waals surface area contributed by atoms with Crippen LogP contribution in [0.4, 0.5) is 0 Å². The van der Waals surface area contributed by atoms with Gasteiger partial charge in [-0.15, -0.1) is 0 Å². The highest BCUT2D eigenvalue weighted by atomic mass is 32.2. The van der Waals surface area contributed by atoms with Gasteiger partial charge in [-0.3, -0.25) is 4.90 Å². The van der Waals surface area contributed by atoms with E-state index in [1.807, 2.05) is 0 Å². The molecule has 0 saturated carbocycles. The first-order valence-electron chi connectivity index (χ1n) is 6.59. The zero-order valence-corrected chi connectivity index (χ0v) is 11.8. The van der Waals surface area contributed by atoms with Crippen molar-refractivity contribution in [2.45, 2.75) is 45.2 Å². The maximum atomic E-state index is 3.53. The van der Waals surface area contributed by atoms with Gasteiger partial charge in [0.2, 0.25) is 0 Å². The number of hydrogen-bond donors (Lipinski definition) is 1. The number of thioether (sulfide) groups is 1. The predicted molar refractivity (Wildman–Crippen MR) is 73.2 cm³/mol. The van der Waals surface area contributed by atoms with E-state index in [4.69, 9.17) is 0 Å². The van der Waals surface area contributed by atoms with Crippen LogP contribution in [0.5, 0.6) is 0 Å². The Kier molecular flexibility index (Phi) is 4.20. The molecule has 2 atom stereocenters. The van der Waals surface area contributed by atoms with Crippen LogP contribution in [0.2, 0.25) is 0 Å². The molecule has 0 radical (unpaired) electrons. The molecule has 0 aromatic heterocycles. The summed E-state index contributed by atoms with van der Waals surface area (Å²) in [7, 11) is 2.34. The van der Waals surface area contributed by atoms with Gasteiger partial charge in [0, 0.05) is 24.4 Å². The highest BCUT2D eigenvalue weighted by Crippen LogP contribution is 2.36. The summed E-state index contributed by atoms with van der Waals surface area (Å²) < 4.78 is 0. The van der Waals surface area contributed by atoms with Crippen LogP contribution < -0.4 is 5.32 Å². The third-order valence-electron chi connectivity index (χ3n) is 4.01. The van der Waals surface area contributed by atoms with E-state index in [-0.39, 0.29) is 0 Å². The summed E-state index contributed by atoms with van der Waals surface area (Å²) in [6.07, 6.45) is 4.09. The van der Waals surface area contributed by atoms with Crippen LogP contribution in [0, 0.1) is 5.41 Å². The van der Waals surface area contributed by atoms with Crippen LogP contribution in [0.1, 0.15) is 33.1 Å². The monoisotopic (exact) mass is 242 g/mol. The molecule has 2 aliphatic heterocycles. The fourth-order valence-electron chi connectivity index (χ4n) is 2.97. The van der Waals surface area contributed by atoms with Crippen LogP contribution >= 0.6 is 11.8 Å². The lowest BCUT2D eigenvalue weighted by Crippen LogP contribution is -2.51. The number of nitrogens with zero attached hydrogens (tertiary/aromatic N) is 1. The van der Waals surface area contributed by atoms with Gasteiger partial charge in [-0.2, -0.15) is 11.8 Å². The maximum absolute atomic E-state index is 3.53. The lowest BCUT2D eigenvalue weighted by Gasteiger charge is -2.43. The van der Waals surface area contributed by atoms with Gasteiger partial charge in [0.15, 0.2) is 0 Å². The summed E-state index contributed by atoms with van der Waals surface area (Å²) in [5.74, 6) is 2.66. The summed E-state index contributed by atoms with van der Waals surface area (Å²) in [6, 6.07) is 1.56. The van der Waals surface area contributed by atoms with Crippen LogP contribution in [-0.4, -0.2) is 48.6 Å². The minimum Gasteiger partial charge on any atom is -0.315 e. The molecule has 2 rings (SSSR count). The van der Waals surface area contributed by atoms with Crippen molar-refractivity contribution in [2.24, 2.45) is 5.41 Å². The Hall–Kier alpha value is 0.270. The van der Waals surface area contributed by atoms with Crippen LogP contribution in [0.15, 0.2) is 0 Å². The lowest BCUT2D eigenvalue weighted by atomic mass is 9.86. The molecule has 0 spiro atoms. The van der Waals surface area contributed by atoms with Gasteiger partial charge in [0.1, 0.15) is 0 Å². The standard InChI is InChI=1S/C13H26N2S/c1-13(2)7-12(9-16-10-13)15(3)11-5-4-6-14-8-11/h11-12,14H,4-10H2,1-3H3. The second-order valence-corrected chi connectivity index (χ2v) is 7.23. The van der Waals surface area contributed by atoms with Crippen LogP contribution in [-0.2, 0) is 0 Å². The Morgan fingerprint density at radius 2 is 2.12 bits per heavy atom. The summed E-state index contributed by atoms with van der Waals surface area (Å²) in [5.41, 5.74) is 0.532. The number of nitrogens with one attached hydrogen (secondary N) is 1. The normalized spacial score (nSPS) is 35.2. The molecule has 1 N–H and O–H groups in total. The van der Waals surface area contributed by atoms with Gasteiger partial charge in [-0.05, 0) is 44.0 Å².